The Morgan fingerprint density at radius 2 is 2.25 bits per heavy atom. The van der Waals surface area contributed by atoms with Gasteiger partial charge in [-0.2, -0.15) is 0 Å². The maximum absolute atomic E-state index is 11.5. The van der Waals surface area contributed by atoms with Crippen LogP contribution in [0.4, 0.5) is 5.69 Å². The highest BCUT2D eigenvalue weighted by molar-refractivity contribution is 9.10. The summed E-state index contributed by atoms with van der Waals surface area (Å²) in [5.41, 5.74) is 0.839. The molecule has 1 aromatic carbocycles. The number of carbonyl (C=O) groups excluding carboxylic acids is 1. The summed E-state index contributed by atoms with van der Waals surface area (Å²) in [6, 6.07) is 5.50. The number of carbonyl (C=O) groups is 1. The van der Waals surface area contributed by atoms with Crippen molar-refractivity contribution in [3.05, 3.63) is 27.7 Å². The molecule has 0 aliphatic rings. The largest absolute Gasteiger partial charge is 0.376 e. The van der Waals surface area contributed by atoms with E-state index in [0.29, 0.717) is 11.6 Å². The lowest BCUT2D eigenvalue weighted by molar-refractivity contribution is -0.127. The van der Waals surface area contributed by atoms with Crippen LogP contribution < -0.4 is 5.32 Å². The Balaban J connectivity index is 2.55. The quantitative estimate of drug-likeness (QED) is 0.927. The molecule has 1 N–H and O–H groups in total. The summed E-state index contributed by atoms with van der Waals surface area (Å²) in [6.07, 6.45) is 0. The van der Waals surface area contributed by atoms with Crippen LogP contribution in [0.25, 0.3) is 0 Å². The molecular weight excluding hydrogens is 291 g/mol. The van der Waals surface area contributed by atoms with Crippen molar-refractivity contribution >= 4 is 39.1 Å². The van der Waals surface area contributed by atoms with Gasteiger partial charge in [-0.1, -0.05) is 11.6 Å². The van der Waals surface area contributed by atoms with Gasteiger partial charge < -0.3 is 10.2 Å². The van der Waals surface area contributed by atoms with E-state index in [1.807, 2.05) is 19.1 Å². The van der Waals surface area contributed by atoms with Crippen molar-refractivity contribution in [2.45, 2.75) is 6.92 Å². The molecule has 16 heavy (non-hydrogen) atoms. The average molecular weight is 306 g/mol. The summed E-state index contributed by atoms with van der Waals surface area (Å²) in [4.78, 5) is 13.2. The van der Waals surface area contributed by atoms with Gasteiger partial charge in [0, 0.05) is 23.8 Å². The number of rotatable bonds is 4. The molecule has 0 aromatic heterocycles. The minimum atomic E-state index is 0.0570. The van der Waals surface area contributed by atoms with E-state index in [2.05, 4.69) is 21.2 Å². The standard InChI is InChI=1S/C11H14BrClN2O/c1-3-15(2)11(16)7-14-8-4-5-9(12)10(13)6-8/h4-6,14H,3,7H2,1-2H3. The van der Waals surface area contributed by atoms with Crippen LogP contribution >= 0.6 is 27.5 Å². The van der Waals surface area contributed by atoms with Crippen molar-refractivity contribution in [3.8, 4) is 0 Å². The highest BCUT2D eigenvalue weighted by Crippen LogP contribution is 2.25. The Labute approximate surface area is 109 Å². The molecule has 0 aliphatic carbocycles. The number of nitrogens with zero attached hydrogens (tertiary/aromatic N) is 1. The van der Waals surface area contributed by atoms with E-state index in [1.165, 1.54) is 0 Å². The van der Waals surface area contributed by atoms with Gasteiger partial charge in [0.15, 0.2) is 0 Å². The van der Waals surface area contributed by atoms with Gasteiger partial charge in [0.1, 0.15) is 0 Å². The molecule has 1 amide bonds. The van der Waals surface area contributed by atoms with Gasteiger partial charge in [-0.3, -0.25) is 4.79 Å². The van der Waals surface area contributed by atoms with E-state index in [0.717, 1.165) is 10.2 Å². The van der Waals surface area contributed by atoms with Crippen LogP contribution in [-0.2, 0) is 4.79 Å². The molecule has 0 aliphatic heterocycles. The SMILES string of the molecule is CCN(C)C(=O)CNc1ccc(Br)c(Cl)c1. The number of nitrogens with one attached hydrogen (secondary N) is 1. The summed E-state index contributed by atoms with van der Waals surface area (Å²) in [6.45, 7) is 2.93. The highest BCUT2D eigenvalue weighted by atomic mass is 79.9. The van der Waals surface area contributed by atoms with E-state index < -0.39 is 0 Å². The molecular formula is C11H14BrClN2O. The molecule has 0 heterocycles. The molecule has 3 nitrogen and oxygen atoms in total. The number of halogens is 2. The lowest BCUT2D eigenvalue weighted by Crippen LogP contribution is -2.31. The van der Waals surface area contributed by atoms with E-state index in [1.54, 1.807) is 18.0 Å². The first kappa shape index (κ1) is 13.3. The van der Waals surface area contributed by atoms with Crippen molar-refractivity contribution in [3.63, 3.8) is 0 Å². The minimum absolute atomic E-state index is 0.0570. The summed E-state index contributed by atoms with van der Waals surface area (Å²) in [5, 5.41) is 3.66. The summed E-state index contributed by atoms with van der Waals surface area (Å²) >= 11 is 9.25. The summed E-state index contributed by atoms with van der Waals surface area (Å²) < 4.78 is 0.844. The van der Waals surface area contributed by atoms with Gasteiger partial charge in [0.2, 0.25) is 5.91 Å². The number of likely N-dealkylation sites (N-methyl/N-ethyl adjacent to an activating group) is 1. The van der Waals surface area contributed by atoms with Crippen molar-refractivity contribution in [1.82, 2.24) is 4.90 Å². The fourth-order valence-electron chi connectivity index (χ4n) is 1.10. The van der Waals surface area contributed by atoms with Crippen molar-refractivity contribution in [2.75, 3.05) is 25.5 Å². The molecule has 5 heteroatoms. The zero-order valence-corrected chi connectivity index (χ0v) is 11.6. The van der Waals surface area contributed by atoms with Crippen LogP contribution in [0.2, 0.25) is 5.02 Å². The van der Waals surface area contributed by atoms with Gasteiger partial charge in [0.25, 0.3) is 0 Å². The Morgan fingerprint density at radius 3 is 2.81 bits per heavy atom. The molecule has 0 saturated carbocycles. The molecule has 0 spiro atoms. The molecule has 0 saturated heterocycles. The van der Waals surface area contributed by atoms with E-state index in [9.17, 15) is 4.79 Å². The fraction of sp³-hybridized carbons (Fsp3) is 0.364. The molecule has 0 unspecified atom stereocenters. The van der Waals surface area contributed by atoms with Crippen LogP contribution in [0.1, 0.15) is 6.92 Å². The predicted octanol–water partition coefficient (Wildman–Crippen LogP) is 2.99. The molecule has 0 atom stereocenters. The molecule has 1 aromatic rings. The number of anilines is 1. The van der Waals surface area contributed by atoms with Crippen molar-refractivity contribution < 1.29 is 4.79 Å². The fourth-order valence-corrected chi connectivity index (χ4v) is 1.52. The van der Waals surface area contributed by atoms with E-state index in [4.69, 9.17) is 11.6 Å². The van der Waals surface area contributed by atoms with Gasteiger partial charge >= 0.3 is 0 Å². The van der Waals surface area contributed by atoms with Gasteiger partial charge in [-0.25, -0.2) is 0 Å². The van der Waals surface area contributed by atoms with Crippen molar-refractivity contribution in [1.29, 1.82) is 0 Å². The molecule has 88 valence electrons. The van der Waals surface area contributed by atoms with Crippen LogP contribution in [0.3, 0.4) is 0 Å². The third-order valence-corrected chi connectivity index (χ3v) is 3.50. The maximum atomic E-state index is 11.5. The maximum Gasteiger partial charge on any atom is 0.241 e. The van der Waals surface area contributed by atoms with Crippen LogP contribution in [0, 0.1) is 0 Å². The third-order valence-electron chi connectivity index (χ3n) is 2.26. The Kier molecular flexibility index (Phi) is 5.09. The van der Waals surface area contributed by atoms with Crippen molar-refractivity contribution in [2.24, 2.45) is 0 Å². The second kappa shape index (κ2) is 6.11. The minimum Gasteiger partial charge on any atom is -0.376 e. The van der Waals surface area contributed by atoms with Gasteiger partial charge in [0.05, 0.1) is 11.6 Å². The first-order chi connectivity index (χ1) is 7.54. The second-order valence-corrected chi connectivity index (χ2v) is 4.65. The lowest BCUT2D eigenvalue weighted by Gasteiger charge is -2.15. The number of benzene rings is 1. The third kappa shape index (κ3) is 3.68. The zero-order valence-electron chi connectivity index (χ0n) is 9.26. The predicted molar refractivity (Wildman–Crippen MR) is 71.0 cm³/mol. The zero-order chi connectivity index (χ0) is 12.1. The number of hydrogen-bond donors (Lipinski definition) is 1. The van der Waals surface area contributed by atoms with Gasteiger partial charge in [-0.15, -0.1) is 0 Å². The Morgan fingerprint density at radius 1 is 1.56 bits per heavy atom. The second-order valence-electron chi connectivity index (χ2n) is 3.39. The number of amides is 1. The molecule has 0 radical (unpaired) electrons. The lowest BCUT2D eigenvalue weighted by atomic mass is 10.3. The van der Waals surface area contributed by atoms with Gasteiger partial charge in [-0.05, 0) is 41.1 Å². The Hall–Kier alpha value is -0.740. The highest BCUT2D eigenvalue weighted by Gasteiger charge is 2.06. The summed E-state index contributed by atoms with van der Waals surface area (Å²) in [7, 11) is 1.78. The first-order valence-corrected chi connectivity index (χ1v) is 6.14. The van der Waals surface area contributed by atoms with Crippen LogP contribution in [-0.4, -0.2) is 30.9 Å². The first-order valence-electron chi connectivity index (χ1n) is 4.97. The topological polar surface area (TPSA) is 32.3 Å². The Bertz CT molecular complexity index is 384. The average Bonchev–Trinajstić information content (AvgIpc) is 2.29. The smallest absolute Gasteiger partial charge is 0.241 e. The van der Waals surface area contributed by atoms with E-state index >= 15 is 0 Å². The van der Waals surface area contributed by atoms with Crippen LogP contribution in [0.5, 0.6) is 0 Å². The molecule has 0 bridgehead atoms. The summed E-state index contributed by atoms with van der Waals surface area (Å²) in [5.74, 6) is 0.0570. The normalized spacial score (nSPS) is 10.0. The van der Waals surface area contributed by atoms with E-state index in [-0.39, 0.29) is 12.5 Å². The monoisotopic (exact) mass is 304 g/mol. The molecule has 0 fully saturated rings. The number of hydrogen-bond acceptors (Lipinski definition) is 2. The molecule has 1 rings (SSSR count). The van der Waals surface area contributed by atoms with Crippen LogP contribution in [0.15, 0.2) is 22.7 Å².